The number of nitrogens with one attached hydrogen (secondary N) is 1. The summed E-state index contributed by atoms with van der Waals surface area (Å²) in [6.07, 6.45) is 6.40. The molecule has 0 saturated carbocycles. The van der Waals surface area contributed by atoms with Crippen LogP contribution in [0.15, 0.2) is 43.0 Å². The molecule has 0 aliphatic heterocycles. The van der Waals surface area contributed by atoms with Crippen LogP contribution in [0.5, 0.6) is 0 Å². The first-order valence-electron chi connectivity index (χ1n) is 7.70. The SMILES string of the molecule is Cn1ccnc1-c1cnc2[nH]cc(C(=O)c3c(F)ccc(N)c3F)c2c1. The Morgan fingerprint density at radius 3 is 2.81 bits per heavy atom. The molecule has 0 unspecified atom stereocenters. The second-order valence-electron chi connectivity index (χ2n) is 5.84. The zero-order chi connectivity index (χ0) is 18.4. The van der Waals surface area contributed by atoms with Crippen molar-refractivity contribution in [3.05, 3.63) is 65.7 Å². The van der Waals surface area contributed by atoms with E-state index in [2.05, 4.69) is 15.0 Å². The highest BCUT2D eigenvalue weighted by Gasteiger charge is 2.24. The third-order valence-corrected chi connectivity index (χ3v) is 4.20. The number of aromatic nitrogens is 4. The zero-order valence-electron chi connectivity index (χ0n) is 13.6. The predicted molar refractivity (Wildman–Crippen MR) is 92.5 cm³/mol. The van der Waals surface area contributed by atoms with Crippen LogP contribution in [0.4, 0.5) is 14.5 Å². The molecule has 3 aromatic heterocycles. The number of fused-ring (bicyclic) bond motifs is 1. The Bertz CT molecular complexity index is 1160. The van der Waals surface area contributed by atoms with E-state index in [1.165, 1.54) is 6.20 Å². The van der Waals surface area contributed by atoms with Gasteiger partial charge in [0.05, 0.1) is 11.3 Å². The van der Waals surface area contributed by atoms with Crippen molar-refractivity contribution < 1.29 is 13.6 Å². The molecule has 3 N–H and O–H groups in total. The Hall–Kier alpha value is -3.55. The van der Waals surface area contributed by atoms with Crippen LogP contribution in [-0.4, -0.2) is 25.3 Å². The lowest BCUT2D eigenvalue weighted by Gasteiger charge is -2.06. The van der Waals surface area contributed by atoms with Gasteiger partial charge >= 0.3 is 0 Å². The molecule has 0 radical (unpaired) electrons. The highest BCUT2D eigenvalue weighted by Crippen LogP contribution is 2.27. The number of hydrogen-bond acceptors (Lipinski definition) is 4. The molecular formula is C18H13F2N5O. The molecule has 0 fully saturated rings. The quantitative estimate of drug-likeness (QED) is 0.438. The number of rotatable bonds is 3. The van der Waals surface area contributed by atoms with Crippen LogP contribution in [0, 0.1) is 11.6 Å². The number of H-pyrrole nitrogens is 1. The number of imidazole rings is 1. The van der Waals surface area contributed by atoms with E-state index in [1.807, 2.05) is 7.05 Å². The fraction of sp³-hybridized carbons (Fsp3) is 0.0556. The molecule has 0 saturated heterocycles. The summed E-state index contributed by atoms with van der Waals surface area (Å²) in [7, 11) is 1.83. The van der Waals surface area contributed by atoms with Crippen LogP contribution in [0.2, 0.25) is 0 Å². The van der Waals surface area contributed by atoms with Gasteiger partial charge in [0.1, 0.15) is 17.3 Å². The Morgan fingerprint density at radius 1 is 1.27 bits per heavy atom. The van der Waals surface area contributed by atoms with Crippen LogP contribution in [0.1, 0.15) is 15.9 Å². The van der Waals surface area contributed by atoms with Crippen molar-refractivity contribution in [3.8, 4) is 11.4 Å². The van der Waals surface area contributed by atoms with E-state index in [-0.39, 0.29) is 11.3 Å². The van der Waals surface area contributed by atoms with Crippen LogP contribution in [0.3, 0.4) is 0 Å². The molecule has 1 aromatic carbocycles. The first kappa shape index (κ1) is 15.9. The van der Waals surface area contributed by atoms with E-state index in [0.29, 0.717) is 22.4 Å². The third kappa shape index (κ3) is 2.34. The molecule has 0 amide bonds. The lowest BCUT2D eigenvalue weighted by molar-refractivity contribution is 0.103. The number of aromatic amines is 1. The summed E-state index contributed by atoms with van der Waals surface area (Å²) < 4.78 is 30.1. The van der Waals surface area contributed by atoms with Gasteiger partial charge in [-0.15, -0.1) is 0 Å². The first-order valence-corrected chi connectivity index (χ1v) is 7.70. The molecule has 4 rings (SSSR count). The minimum absolute atomic E-state index is 0.104. The van der Waals surface area contributed by atoms with Gasteiger partial charge in [-0.3, -0.25) is 4.79 Å². The number of hydrogen-bond donors (Lipinski definition) is 2. The fourth-order valence-corrected chi connectivity index (χ4v) is 2.87. The summed E-state index contributed by atoms with van der Waals surface area (Å²) >= 11 is 0. The van der Waals surface area contributed by atoms with Gasteiger partial charge in [-0.2, -0.15) is 0 Å². The van der Waals surface area contributed by atoms with Gasteiger partial charge in [0.15, 0.2) is 5.82 Å². The van der Waals surface area contributed by atoms with E-state index in [9.17, 15) is 13.6 Å². The summed E-state index contributed by atoms with van der Waals surface area (Å²) in [6, 6.07) is 3.76. The number of halogens is 2. The van der Waals surface area contributed by atoms with Gasteiger partial charge in [0.25, 0.3) is 0 Å². The van der Waals surface area contributed by atoms with Crippen molar-refractivity contribution in [2.75, 3.05) is 5.73 Å². The Balaban J connectivity index is 1.89. The molecule has 0 aliphatic carbocycles. The van der Waals surface area contributed by atoms with Gasteiger partial charge < -0.3 is 15.3 Å². The number of carbonyl (C=O) groups is 1. The molecule has 0 spiro atoms. The van der Waals surface area contributed by atoms with Gasteiger partial charge in [-0.25, -0.2) is 18.7 Å². The maximum Gasteiger partial charge on any atom is 0.201 e. The Labute approximate surface area is 146 Å². The summed E-state index contributed by atoms with van der Waals surface area (Å²) in [4.78, 5) is 24.1. The number of ketones is 1. The summed E-state index contributed by atoms with van der Waals surface area (Å²) in [5.41, 5.74) is 5.70. The lowest BCUT2D eigenvalue weighted by atomic mass is 10.0. The molecule has 0 atom stereocenters. The minimum atomic E-state index is -1.07. The number of nitrogen functional groups attached to an aromatic ring is 1. The van der Waals surface area contributed by atoms with Crippen LogP contribution < -0.4 is 5.73 Å². The van der Waals surface area contributed by atoms with E-state index >= 15 is 0 Å². The Kier molecular flexibility index (Phi) is 3.54. The third-order valence-electron chi connectivity index (χ3n) is 4.20. The highest BCUT2D eigenvalue weighted by molar-refractivity contribution is 6.16. The monoisotopic (exact) mass is 353 g/mol. The summed E-state index contributed by atoms with van der Waals surface area (Å²) in [5.74, 6) is -2.19. The fourth-order valence-electron chi connectivity index (χ4n) is 2.87. The zero-order valence-corrected chi connectivity index (χ0v) is 13.6. The van der Waals surface area contributed by atoms with Crippen LogP contribution in [-0.2, 0) is 7.05 Å². The number of aryl methyl sites for hydroxylation is 1. The van der Waals surface area contributed by atoms with E-state index < -0.39 is 23.0 Å². The molecule has 8 heteroatoms. The first-order chi connectivity index (χ1) is 12.5. The number of carbonyl (C=O) groups excluding carboxylic acids is 1. The topological polar surface area (TPSA) is 89.6 Å². The Morgan fingerprint density at radius 2 is 2.08 bits per heavy atom. The maximum absolute atomic E-state index is 14.2. The standard InChI is InChI=1S/C18H13F2N5O/c1-25-5-4-22-18(25)9-6-10-11(8-24-17(10)23-7-9)16(26)14-12(19)2-3-13(21)15(14)20/h2-8H,21H2,1H3,(H,23,24). The van der Waals surface area contributed by atoms with Crippen molar-refractivity contribution >= 4 is 22.5 Å². The molecule has 4 aromatic rings. The predicted octanol–water partition coefficient (Wildman–Crippen LogP) is 3.05. The molecule has 0 aliphatic rings. The summed E-state index contributed by atoms with van der Waals surface area (Å²) in [6.45, 7) is 0. The van der Waals surface area contributed by atoms with Crippen LogP contribution >= 0.6 is 0 Å². The van der Waals surface area contributed by atoms with Gasteiger partial charge in [-0.05, 0) is 18.2 Å². The van der Waals surface area contributed by atoms with Crippen molar-refractivity contribution in [3.63, 3.8) is 0 Å². The van der Waals surface area contributed by atoms with E-state index in [1.54, 1.807) is 29.2 Å². The molecule has 130 valence electrons. The molecule has 26 heavy (non-hydrogen) atoms. The molecule has 6 nitrogen and oxygen atoms in total. The normalized spacial score (nSPS) is 11.2. The average molecular weight is 353 g/mol. The largest absolute Gasteiger partial charge is 0.396 e. The summed E-state index contributed by atoms with van der Waals surface area (Å²) in [5, 5.41) is 0.441. The minimum Gasteiger partial charge on any atom is -0.396 e. The maximum atomic E-state index is 14.2. The molecular weight excluding hydrogens is 340 g/mol. The van der Waals surface area contributed by atoms with Gasteiger partial charge in [-0.1, -0.05) is 0 Å². The van der Waals surface area contributed by atoms with E-state index in [4.69, 9.17) is 5.73 Å². The molecule has 3 heterocycles. The number of nitrogens with two attached hydrogens (primary N) is 1. The highest BCUT2D eigenvalue weighted by atomic mass is 19.1. The van der Waals surface area contributed by atoms with Crippen molar-refractivity contribution in [2.45, 2.75) is 0 Å². The van der Waals surface area contributed by atoms with Crippen molar-refractivity contribution in [1.82, 2.24) is 19.5 Å². The number of pyridine rings is 1. The lowest BCUT2D eigenvalue weighted by Crippen LogP contribution is -2.09. The van der Waals surface area contributed by atoms with Crippen molar-refractivity contribution in [1.29, 1.82) is 0 Å². The molecule has 0 bridgehead atoms. The smallest absolute Gasteiger partial charge is 0.201 e. The second kappa shape index (κ2) is 5.76. The van der Waals surface area contributed by atoms with Gasteiger partial charge in [0.2, 0.25) is 5.78 Å². The van der Waals surface area contributed by atoms with Crippen molar-refractivity contribution in [2.24, 2.45) is 7.05 Å². The van der Waals surface area contributed by atoms with Gasteiger partial charge in [0, 0.05) is 48.3 Å². The van der Waals surface area contributed by atoms with Crippen LogP contribution in [0.25, 0.3) is 22.4 Å². The second-order valence-corrected chi connectivity index (χ2v) is 5.84. The number of benzene rings is 1. The number of anilines is 1. The number of nitrogens with zero attached hydrogens (tertiary/aromatic N) is 3. The average Bonchev–Trinajstić information content (AvgIpc) is 3.23. The van der Waals surface area contributed by atoms with E-state index in [0.717, 1.165) is 12.1 Å².